The predicted octanol–water partition coefficient (Wildman–Crippen LogP) is 3.34. The molecule has 1 saturated heterocycles. The molecule has 0 radical (unpaired) electrons. The predicted molar refractivity (Wildman–Crippen MR) is 102 cm³/mol. The van der Waals surface area contributed by atoms with Gasteiger partial charge in [-0.05, 0) is 36.9 Å². The third-order valence-corrected chi connectivity index (χ3v) is 5.19. The number of hydrogen-bond donors (Lipinski definition) is 1. The Morgan fingerprint density at radius 2 is 1.78 bits per heavy atom. The molecule has 0 saturated carbocycles. The minimum atomic E-state index is -0.655. The van der Waals surface area contributed by atoms with Crippen molar-refractivity contribution in [1.82, 2.24) is 15.1 Å². The second-order valence-electron chi connectivity index (χ2n) is 6.71. The first-order chi connectivity index (χ1) is 13.0. The maximum atomic E-state index is 14.0. The summed E-state index contributed by atoms with van der Waals surface area (Å²) in [5.41, 5.74) is 0.747. The quantitative estimate of drug-likeness (QED) is 0.846. The molecule has 1 aliphatic heterocycles. The summed E-state index contributed by atoms with van der Waals surface area (Å²) in [5.74, 6) is -1.52. The molecule has 1 aliphatic rings. The van der Waals surface area contributed by atoms with Crippen molar-refractivity contribution in [2.75, 3.05) is 39.8 Å². The number of likely N-dealkylation sites (N-methyl/N-ethyl adjacent to an activating group) is 1. The SMILES string of the molecule is CN1CCN(C(CNC(=O)c2c(F)cccc2Cl)c2ccc(F)cc2)CC1. The van der Waals surface area contributed by atoms with E-state index in [9.17, 15) is 13.6 Å². The Labute approximate surface area is 162 Å². The third kappa shape index (κ3) is 4.83. The molecular formula is C20H22ClF2N3O. The number of nitrogens with zero attached hydrogens (tertiary/aromatic N) is 2. The summed E-state index contributed by atoms with van der Waals surface area (Å²) in [6, 6.07) is 10.3. The second-order valence-corrected chi connectivity index (χ2v) is 7.12. The van der Waals surface area contributed by atoms with Crippen molar-refractivity contribution in [2.24, 2.45) is 0 Å². The fourth-order valence-electron chi connectivity index (χ4n) is 3.27. The van der Waals surface area contributed by atoms with Gasteiger partial charge in [-0.1, -0.05) is 29.8 Å². The molecule has 1 heterocycles. The van der Waals surface area contributed by atoms with Gasteiger partial charge in [0.15, 0.2) is 0 Å². The zero-order valence-corrected chi connectivity index (χ0v) is 15.8. The van der Waals surface area contributed by atoms with Crippen molar-refractivity contribution >= 4 is 17.5 Å². The van der Waals surface area contributed by atoms with Crippen LogP contribution in [0.5, 0.6) is 0 Å². The molecule has 2 aromatic rings. The lowest BCUT2D eigenvalue weighted by Gasteiger charge is -2.38. The lowest BCUT2D eigenvalue weighted by molar-refractivity contribution is 0.0883. The van der Waals surface area contributed by atoms with Crippen LogP contribution in [-0.2, 0) is 0 Å². The Morgan fingerprint density at radius 3 is 2.41 bits per heavy atom. The van der Waals surface area contributed by atoms with E-state index < -0.39 is 11.7 Å². The van der Waals surface area contributed by atoms with Crippen LogP contribution >= 0.6 is 11.6 Å². The molecule has 3 rings (SSSR count). The standard InChI is InChI=1S/C20H22ClF2N3O/c1-25-9-11-26(12-10-25)18(14-5-7-15(22)8-6-14)13-24-20(27)19-16(21)3-2-4-17(19)23/h2-8,18H,9-13H2,1H3,(H,24,27). The molecule has 1 amide bonds. The molecule has 0 aliphatic carbocycles. The average Bonchev–Trinajstić information content (AvgIpc) is 2.64. The summed E-state index contributed by atoms with van der Waals surface area (Å²) in [4.78, 5) is 17.0. The first-order valence-corrected chi connectivity index (χ1v) is 9.24. The van der Waals surface area contributed by atoms with Gasteiger partial charge in [0.1, 0.15) is 11.6 Å². The number of carbonyl (C=O) groups excluding carboxylic acids is 1. The number of hydrogen-bond acceptors (Lipinski definition) is 3. The van der Waals surface area contributed by atoms with Gasteiger partial charge in [-0.15, -0.1) is 0 Å². The zero-order valence-electron chi connectivity index (χ0n) is 15.1. The highest BCUT2D eigenvalue weighted by molar-refractivity contribution is 6.33. The van der Waals surface area contributed by atoms with Gasteiger partial charge in [0.25, 0.3) is 5.91 Å². The molecule has 4 nitrogen and oxygen atoms in total. The fraction of sp³-hybridized carbons (Fsp3) is 0.350. The van der Waals surface area contributed by atoms with Gasteiger partial charge in [0.05, 0.1) is 16.6 Å². The number of benzene rings is 2. The topological polar surface area (TPSA) is 35.6 Å². The minimum Gasteiger partial charge on any atom is -0.350 e. The van der Waals surface area contributed by atoms with Crippen molar-refractivity contribution in [2.45, 2.75) is 6.04 Å². The maximum absolute atomic E-state index is 14.0. The zero-order chi connectivity index (χ0) is 19.4. The van der Waals surface area contributed by atoms with Gasteiger partial charge >= 0.3 is 0 Å². The summed E-state index contributed by atoms with van der Waals surface area (Å²) >= 11 is 5.98. The number of halogens is 3. The Hall–Kier alpha value is -2.02. The van der Waals surface area contributed by atoms with E-state index in [0.29, 0.717) is 0 Å². The highest BCUT2D eigenvalue weighted by Gasteiger charge is 2.25. The van der Waals surface area contributed by atoms with Gasteiger partial charge in [-0.3, -0.25) is 9.69 Å². The Bertz CT molecular complexity index is 772. The van der Waals surface area contributed by atoms with E-state index in [2.05, 4.69) is 22.2 Å². The van der Waals surface area contributed by atoms with E-state index in [-0.39, 0.29) is 29.0 Å². The van der Waals surface area contributed by atoms with Crippen molar-refractivity contribution in [3.63, 3.8) is 0 Å². The number of piperazine rings is 1. The van der Waals surface area contributed by atoms with Crippen LogP contribution < -0.4 is 5.32 Å². The average molecular weight is 394 g/mol. The van der Waals surface area contributed by atoms with E-state index in [4.69, 9.17) is 11.6 Å². The van der Waals surface area contributed by atoms with Crippen LogP contribution in [0.2, 0.25) is 5.02 Å². The van der Waals surface area contributed by atoms with Crippen LogP contribution in [0.4, 0.5) is 8.78 Å². The molecule has 1 atom stereocenters. The highest BCUT2D eigenvalue weighted by Crippen LogP contribution is 2.23. The summed E-state index contributed by atoms with van der Waals surface area (Å²) < 4.78 is 27.3. The molecule has 0 spiro atoms. The molecule has 1 unspecified atom stereocenters. The van der Waals surface area contributed by atoms with Crippen LogP contribution in [0, 0.1) is 11.6 Å². The summed E-state index contributed by atoms with van der Waals surface area (Å²) in [5, 5.41) is 2.86. The van der Waals surface area contributed by atoms with Crippen molar-refractivity contribution in [1.29, 1.82) is 0 Å². The minimum absolute atomic E-state index is 0.0745. The van der Waals surface area contributed by atoms with Crippen molar-refractivity contribution in [3.05, 3.63) is 70.2 Å². The number of nitrogens with one attached hydrogen (secondary N) is 1. The molecule has 7 heteroatoms. The second kappa shape index (κ2) is 8.78. The van der Waals surface area contributed by atoms with Gasteiger partial charge in [0.2, 0.25) is 0 Å². The van der Waals surface area contributed by atoms with Gasteiger partial charge in [-0.25, -0.2) is 8.78 Å². The molecule has 27 heavy (non-hydrogen) atoms. The third-order valence-electron chi connectivity index (χ3n) is 4.88. The monoisotopic (exact) mass is 393 g/mol. The first kappa shape index (κ1) is 19.7. The number of rotatable bonds is 5. The fourth-order valence-corrected chi connectivity index (χ4v) is 3.52. The molecule has 1 N–H and O–H groups in total. The molecule has 1 fully saturated rings. The van der Waals surface area contributed by atoms with Crippen LogP contribution in [0.1, 0.15) is 22.0 Å². The number of amides is 1. The summed E-state index contributed by atoms with van der Waals surface area (Å²) in [6.07, 6.45) is 0. The van der Waals surface area contributed by atoms with Crippen LogP contribution in [-0.4, -0.2) is 55.5 Å². The van der Waals surface area contributed by atoms with E-state index in [1.165, 1.54) is 30.3 Å². The normalized spacial score (nSPS) is 16.9. The summed E-state index contributed by atoms with van der Waals surface area (Å²) in [7, 11) is 2.06. The molecular weight excluding hydrogens is 372 g/mol. The summed E-state index contributed by atoms with van der Waals surface area (Å²) in [6.45, 7) is 3.75. The van der Waals surface area contributed by atoms with Crippen LogP contribution in [0.3, 0.4) is 0 Å². The molecule has 0 aromatic heterocycles. The molecule has 0 bridgehead atoms. The smallest absolute Gasteiger partial charge is 0.255 e. The Kier molecular flexibility index (Phi) is 6.42. The largest absolute Gasteiger partial charge is 0.350 e. The first-order valence-electron chi connectivity index (χ1n) is 8.86. The van der Waals surface area contributed by atoms with Crippen molar-refractivity contribution < 1.29 is 13.6 Å². The Balaban J connectivity index is 1.77. The van der Waals surface area contributed by atoms with E-state index in [1.54, 1.807) is 12.1 Å². The highest BCUT2D eigenvalue weighted by atomic mass is 35.5. The van der Waals surface area contributed by atoms with E-state index >= 15 is 0 Å². The van der Waals surface area contributed by atoms with E-state index in [1.807, 2.05) is 0 Å². The van der Waals surface area contributed by atoms with Crippen LogP contribution in [0.25, 0.3) is 0 Å². The lowest BCUT2D eigenvalue weighted by atomic mass is 10.0. The van der Waals surface area contributed by atoms with Gasteiger partial charge < -0.3 is 10.2 Å². The van der Waals surface area contributed by atoms with E-state index in [0.717, 1.165) is 31.7 Å². The van der Waals surface area contributed by atoms with Gasteiger partial charge in [0, 0.05) is 32.7 Å². The van der Waals surface area contributed by atoms with Gasteiger partial charge in [-0.2, -0.15) is 0 Å². The molecule has 2 aromatic carbocycles. The van der Waals surface area contributed by atoms with Crippen LogP contribution in [0.15, 0.2) is 42.5 Å². The maximum Gasteiger partial charge on any atom is 0.255 e. The molecule has 144 valence electrons. The van der Waals surface area contributed by atoms with Crippen molar-refractivity contribution in [3.8, 4) is 0 Å². The number of carbonyl (C=O) groups is 1. The Morgan fingerprint density at radius 1 is 1.11 bits per heavy atom. The lowest BCUT2D eigenvalue weighted by Crippen LogP contribution is -2.48.